The van der Waals surface area contributed by atoms with Crippen molar-refractivity contribution in [3.63, 3.8) is 0 Å². The summed E-state index contributed by atoms with van der Waals surface area (Å²) >= 11 is 0. The van der Waals surface area contributed by atoms with Crippen LogP contribution >= 0.6 is 0 Å². The molecule has 1 heterocycles. The lowest BCUT2D eigenvalue weighted by atomic mass is 9.83. The summed E-state index contributed by atoms with van der Waals surface area (Å²) < 4.78 is 14.2. The van der Waals surface area contributed by atoms with Crippen LogP contribution in [0.5, 0.6) is 0 Å². The molecule has 1 aliphatic rings. The number of hydrogen-bond acceptors (Lipinski definition) is 2. The second-order valence-corrected chi connectivity index (χ2v) is 6.72. The predicted molar refractivity (Wildman–Crippen MR) is 88.1 cm³/mol. The summed E-state index contributed by atoms with van der Waals surface area (Å²) in [6.45, 7) is 6.45. The molecule has 2 aromatic carbocycles. The lowest BCUT2D eigenvalue weighted by Crippen LogP contribution is -2.38. The van der Waals surface area contributed by atoms with E-state index in [2.05, 4.69) is 43.0 Å². The van der Waals surface area contributed by atoms with Crippen molar-refractivity contribution in [3.8, 4) is 0 Å². The van der Waals surface area contributed by atoms with Gasteiger partial charge in [-0.2, -0.15) is 0 Å². The first-order chi connectivity index (χ1) is 10.5. The number of benzene rings is 2. The highest BCUT2D eigenvalue weighted by atomic mass is 19.1. The van der Waals surface area contributed by atoms with Crippen molar-refractivity contribution in [2.75, 3.05) is 13.1 Å². The monoisotopic (exact) mass is 298 g/mol. The summed E-state index contributed by atoms with van der Waals surface area (Å²) in [5.74, 6) is -0.131. The Balaban J connectivity index is 1.86. The van der Waals surface area contributed by atoms with Gasteiger partial charge in [-0.1, -0.05) is 56.3 Å². The van der Waals surface area contributed by atoms with E-state index >= 15 is 0 Å². The lowest BCUT2D eigenvalue weighted by molar-refractivity contribution is 0.177. The Labute approximate surface area is 131 Å². The van der Waals surface area contributed by atoms with Gasteiger partial charge in [0.05, 0.1) is 0 Å². The molecule has 3 heteroatoms. The molecule has 0 saturated heterocycles. The van der Waals surface area contributed by atoms with Gasteiger partial charge in [-0.15, -0.1) is 0 Å². The second kappa shape index (κ2) is 5.82. The summed E-state index contributed by atoms with van der Waals surface area (Å²) in [6, 6.07) is 15.7. The maximum absolute atomic E-state index is 14.2. The molecule has 1 unspecified atom stereocenters. The summed E-state index contributed by atoms with van der Waals surface area (Å²) in [7, 11) is 0. The first-order valence-corrected chi connectivity index (χ1v) is 7.80. The highest BCUT2D eigenvalue weighted by Crippen LogP contribution is 2.36. The Hall–Kier alpha value is -1.71. The number of nitrogens with two attached hydrogens (primary N) is 1. The van der Waals surface area contributed by atoms with E-state index in [9.17, 15) is 4.39 Å². The van der Waals surface area contributed by atoms with Crippen molar-refractivity contribution in [2.45, 2.75) is 31.8 Å². The normalized spacial score (nSPS) is 18.5. The zero-order valence-electron chi connectivity index (χ0n) is 13.2. The smallest absolute Gasteiger partial charge is 0.126 e. The predicted octanol–water partition coefficient (Wildman–Crippen LogP) is 3.62. The molecule has 0 spiro atoms. The molecule has 0 aromatic heterocycles. The first-order valence-electron chi connectivity index (χ1n) is 7.80. The quantitative estimate of drug-likeness (QED) is 0.934. The SMILES string of the molecule is CC(C)(CN1Cc2ccccc2C1CN)c1ccccc1F. The van der Waals surface area contributed by atoms with Crippen LogP contribution in [0.2, 0.25) is 0 Å². The van der Waals surface area contributed by atoms with Crippen LogP contribution in [0.4, 0.5) is 4.39 Å². The van der Waals surface area contributed by atoms with Gasteiger partial charge in [-0.05, 0) is 22.8 Å². The molecule has 2 nitrogen and oxygen atoms in total. The van der Waals surface area contributed by atoms with Gasteiger partial charge in [0, 0.05) is 31.1 Å². The number of halogens is 1. The average molecular weight is 298 g/mol. The van der Waals surface area contributed by atoms with E-state index in [0.29, 0.717) is 6.54 Å². The summed E-state index contributed by atoms with van der Waals surface area (Å²) in [5.41, 5.74) is 9.16. The van der Waals surface area contributed by atoms with Crippen molar-refractivity contribution in [1.82, 2.24) is 4.90 Å². The number of hydrogen-bond donors (Lipinski definition) is 1. The molecule has 1 atom stereocenters. The molecule has 0 saturated carbocycles. The van der Waals surface area contributed by atoms with Gasteiger partial charge >= 0.3 is 0 Å². The highest BCUT2D eigenvalue weighted by molar-refractivity contribution is 5.35. The fourth-order valence-electron chi connectivity index (χ4n) is 3.57. The van der Waals surface area contributed by atoms with E-state index in [1.165, 1.54) is 17.2 Å². The first kappa shape index (κ1) is 15.2. The maximum Gasteiger partial charge on any atom is 0.126 e. The Bertz CT molecular complexity index is 666. The van der Waals surface area contributed by atoms with E-state index in [-0.39, 0.29) is 17.3 Å². The molecule has 0 bridgehead atoms. The van der Waals surface area contributed by atoms with Gasteiger partial charge in [0.2, 0.25) is 0 Å². The van der Waals surface area contributed by atoms with Gasteiger partial charge < -0.3 is 5.73 Å². The van der Waals surface area contributed by atoms with Crippen LogP contribution in [0.15, 0.2) is 48.5 Å². The van der Waals surface area contributed by atoms with Crippen molar-refractivity contribution < 1.29 is 4.39 Å². The molecular weight excluding hydrogens is 275 g/mol. The van der Waals surface area contributed by atoms with Crippen LogP contribution in [0.1, 0.15) is 36.6 Å². The summed E-state index contributed by atoms with van der Waals surface area (Å²) in [6.07, 6.45) is 0. The van der Waals surface area contributed by atoms with Crippen LogP contribution in [-0.2, 0) is 12.0 Å². The fraction of sp³-hybridized carbons (Fsp3) is 0.368. The number of rotatable bonds is 4. The van der Waals surface area contributed by atoms with E-state index in [1.54, 1.807) is 6.07 Å². The van der Waals surface area contributed by atoms with Gasteiger partial charge in [-0.25, -0.2) is 4.39 Å². The third kappa shape index (κ3) is 2.67. The minimum atomic E-state index is -0.263. The Morgan fingerprint density at radius 1 is 1.14 bits per heavy atom. The largest absolute Gasteiger partial charge is 0.329 e. The Kier molecular flexibility index (Phi) is 4.02. The van der Waals surface area contributed by atoms with E-state index in [4.69, 9.17) is 5.73 Å². The zero-order valence-corrected chi connectivity index (χ0v) is 13.2. The van der Waals surface area contributed by atoms with Crippen molar-refractivity contribution in [2.24, 2.45) is 5.73 Å². The van der Waals surface area contributed by atoms with E-state index < -0.39 is 0 Å². The minimum Gasteiger partial charge on any atom is -0.329 e. The third-order valence-electron chi connectivity index (χ3n) is 4.65. The molecule has 0 aliphatic carbocycles. The van der Waals surface area contributed by atoms with Crippen molar-refractivity contribution in [1.29, 1.82) is 0 Å². The number of nitrogens with zero attached hydrogens (tertiary/aromatic N) is 1. The van der Waals surface area contributed by atoms with Gasteiger partial charge in [0.15, 0.2) is 0 Å². The van der Waals surface area contributed by atoms with Crippen LogP contribution in [0, 0.1) is 5.82 Å². The molecule has 3 rings (SSSR count). The van der Waals surface area contributed by atoms with Crippen LogP contribution in [0.25, 0.3) is 0 Å². The van der Waals surface area contributed by atoms with Crippen LogP contribution in [0.3, 0.4) is 0 Å². The van der Waals surface area contributed by atoms with Gasteiger partial charge in [-0.3, -0.25) is 4.90 Å². The molecule has 0 radical (unpaired) electrons. The molecule has 116 valence electrons. The van der Waals surface area contributed by atoms with Crippen LogP contribution in [-0.4, -0.2) is 18.0 Å². The highest BCUT2D eigenvalue weighted by Gasteiger charge is 2.34. The zero-order chi connectivity index (χ0) is 15.7. The van der Waals surface area contributed by atoms with Crippen LogP contribution < -0.4 is 5.73 Å². The lowest BCUT2D eigenvalue weighted by Gasteiger charge is -2.34. The molecule has 1 aliphatic heterocycles. The van der Waals surface area contributed by atoms with Crippen molar-refractivity contribution >= 4 is 0 Å². The molecule has 22 heavy (non-hydrogen) atoms. The van der Waals surface area contributed by atoms with Gasteiger partial charge in [0.1, 0.15) is 5.82 Å². The standard InChI is InChI=1S/C19H23FN2/c1-19(2,16-9-5-6-10-17(16)20)13-22-12-14-7-3-4-8-15(14)18(22)11-21/h3-10,18H,11-13,21H2,1-2H3. The molecule has 2 N–H and O–H groups in total. The third-order valence-corrected chi connectivity index (χ3v) is 4.65. The number of fused-ring (bicyclic) bond motifs is 1. The molecule has 0 fully saturated rings. The fourth-order valence-corrected chi connectivity index (χ4v) is 3.57. The minimum absolute atomic E-state index is 0.131. The second-order valence-electron chi connectivity index (χ2n) is 6.72. The topological polar surface area (TPSA) is 29.3 Å². The molecule has 2 aromatic rings. The molecule has 0 amide bonds. The average Bonchev–Trinajstić information content (AvgIpc) is 2.83. The summed E-state index contributed by atoms with van der Waals surface area (Å²) in [5, 5.41) is 0. The van der Waals surface area contributed by atoms with Crippen molar-refractivity contribution in [3.05, 3.63) is 71.0 Å². The molecular formula is C19H23FN2. The van der Waals surface area contributed by atoms with E-state index in [0.717, 1.165) is 18.7 Å². The van der Waals surface area contributed by atoms with Gasteiger partial charge in [0.25, 0.3) is 0 Å². The maximum atomic E-state index is 14.2. The van der Waals surface area contributed by atoms with E-state index in [1.807, 2.05) is 12.1 Å². The summed E-state index contributed by atoms with van der Waals surface area (Å²) in [4.78, 5) is 2.37. The Morgan fingerprint density at radius 2 is 1.82 bits per heavy atom. The Morgan fingerprint density at radius 3 is 2.55 bits per heavy atom.